The fraction of sp³-hybridized carbons (Fsp3) is 0. The third-order valence-corrected chi connectivity index (χ3v) is 8.58. The fourth-order valence-corrected chi connectivity index (χ4v) is 6.70. The molecule has 2 heterocycles. The molecule has 42 heavy (non-hydrogen) atoms. The maximum absolute atomic E-state index is 7.50. The Hall–Kier alpha value is -5.85. The van der Waals surface area contributed by atoms with Crippen molar-refractivity contribution in [3.8, 4) is 16.8 Å². The molecule has 0 saturated heterocycles. The number of para-hydroxylation sites is 1. The lowest BCUT2D eigenvalue weighted by atomic mass is 9.95. The molecule has 0 unspecified atom stereocenters. The van der Waals surface area contributed by atoms with Crippen molar-refractivity contribution in [2.24, 2.45) is 0 Å². The second kappa shape index (κ2) is 8.57. The summed E-state index contributed by atoms with van der Waals surface area (Å²) < 4.78 is 8.95. The molecular weight excluding hydrogens is 512 g/mol. The van der Waals surface area contributed by atoms with Crippen LogP contribution in [0.4, 0.5) is 5.69 Å². The SMILES string of the molecule is [C-]#[N+]c1ccc2c(c1)c1ccccc1n2-c1ccc(-c2cc3ccccc3c3c2oc2ccc4ccccc4c23)cc1. The minimum Gasteiger partial charge on any atom is -0.455 e. The van der Waals surface area contributed by atoms with Gasteiger partial charge < -0.3 is 8.98 Å². The molecule has 3 nitrogen and oxygen atoms in total. The minimum atomic E-state index is 0.652. The first kappa shape index (κ1) is 22.9. The van der Waals surface area contributed by atoms with E-state index in [0.29, 0.717) is 5.69 Å². The van der Waals surface area contributed by atoms with Crippen molar-refractivity contribution in [3.63, 3.8) is 0 Å². The van der Waals surface area contributed by atoms with Crippen LogP contribution in [0.3, 0.4) is 0 Å². The summed E-state index contributed by atoms with van der Waals surface area (Å²) >= 11 is 0. The van der Waals surface area contributed by atoms with E-state index in [1.54, 1.807) is 0 Å². The van der Waals surface area contributed by atoms with Gasteiger partial charge in [0.25, 0.3) is 0 Å². The monoisotopic (exact) mass is 534 g/mol. The molecule has 0 amide bonds. The summed E-state index contributed by atoms with van der Waals surface area (Å²) in [4.78, 5) is 3.67. The molecule has 0 aliphatic rings. The molecule has 0 bridgehead atoms. The lowest BCUT2D eigenvalue weighted by molar-refractivity contribution is 0.670. The summed E-state index contributed by atoms with van der Waals surface area (Å²) in [6.07, 6.45) is 0. The van der Waals surface area contributed by atoms with Gasteiger partial charge in [0, 0.05) is 27.4 Å². The summed E-state index contributed by atoms with van der Waals surface area (Å²) in [5.41, 5.74) is 7.95. The van der Waals surface area contributed by atoms with E-state index in [-0.39, 0.29) is 0 Å². The molecule has 0 aliphatic carbocycles. The summed E-state index contributed by atoms with van der Waals surface area (Å²) in [6, 6.07) is 46.7. The highest BCUT2D eigenvalue weighted by molar-refractivity contribution is 6.28. The van der Waals surface area contributed by atoms with Gasteiger partial charge in [-0.1, -0.05) is 91.0 Å². The van der Waals surface area contributed by atoms with Crippen LogP contribution in [0.1, 0.15) is 0 Å². The molecule has 0 atom stereocenters. The third-order valence-electron chi connectivity index (χ3n) is 8.58. The second-order valence-corrected chi connectivity index (χ2v) is 10.8. The topological polar surface area (TPSA) is 22.4 Å². The van der Waals surface area contributed by atoms with Crippen molar-refractivity contribution in [1.29, 1.82) is 0 Å². The van der Waals surface area contributed by atoms with Crippen LogP contribution < -0.4 is 0 Å². The van der Waals surface area contributed by atoms with Crippen LogP contribution >= 0.6 is 0 Å². The highest BCUT2D eigenvalue weighted by atomic mass is 16.3. The van der Waals surface area contributed by atoms with Crippen molar-refractivity contribution in [1.82, 2.24) is 4.57 Å². The van der Waals surface area contributed by atoms with E-state index < -0.39 is 0 Å². The number of nitrogens with zero attached hydrogens (tertiary/aromatic N) is 2. The Balaban J connectivity index is 1.29. The van der Waals surface area contributed by atoms with Crippen molar-refractivity contribution >= 4 is 71.0 Å². The third kappa shape index (κ3) is 3.15. The van der Waals surface area contributed by atoms with Crippen molar-refractivity contribution in [3.05, 3.63) is 145 Å². The van der Waals surface area contributed by atoms with Crippen LogP contribution in [0.15, 0.2) is 138 Å². The average molecular weight is 535 g/mol. The normalized spacial score (nSPS) is 11.8. The Bertz CT molecular complexity index is 2580. The predicted octanol–water partition coefficient (Wildman–Crippen LogP) is 11.2. The Morgan fingerprint density at radius 1 is 0.548 bits per heavy atom. The zero-order valence-corrected chi connectivity index (χ0v) is 22.5. The number of rotatable bonds is 2. The largest absolute Gasteiger partial charge is 0.455 e. The molecule has 3 heteroatoms. The van der Waals surface area contributed by atoms with Crippen molar-refractivity contribution in [2.45, 2.75) is 0 Å². The molecule has 0 aliphatic heterocycles. The lowest BCUT2D eigenvalue weighted by Crippen LogP contribution is -1.93. The van der Waals surface area contributed by atoms with Gasteiger partial charge in [-0.15, -0.1) is 0 Å². The summed E-state index contributed by atoms with van der Waals surface area (Å²) in [5, 5.41) is 9.38. The van der Waals surface area contributed by atoms with Crippen LogP contribution in [-0.4, -0.2) is 4.57 Å². The van der Waals surface area contributed by atoms with Crippen molar-refractivity contribution < 1.29 is 4.42 Å². The molecule has 0 spiro atoms. The number of benzene rings is 7. The van der Waals surface area contributed by atoms with Crippen LogP contribution in [0.2, 0.25) is 0 Å². The van der Waals surface area contributed by atoms with Gasteiger partial charge in [0.1, 0.15) is 11.2 Å². The number of hydrogen-bond acceptors (Lipinski definition) is 1. The first-order chi connectivity index (χ1) is 20.8. The van der Waals surface area contributed by atoms with Crippen LogP contribution in [-0.2, 0) is 0 Å². The van der Waals surface area contributed by atoms with Gasteiger partial charge >= 0.3 is 0 Å². The number of hydrogen-bond donors (Lipinski definition) is 0. The van der Waals surface area contributed by atoms with E-state index >= 15 is 0 Å². The minimum absolute atomic E-state index is 0.652. The van der Waals surface area contributed by atoms with Gasteiger partial charge in [-0.2, -0.15) is 0 Å². The standard InChI is InChI=1S/C39H22N2O/c1-40-27-17-20-35-33(23-27)31-12-6-7-13-34(31)41(35)28-18-14-25(15-19-28)32-22-26-9-3-5-11-30(26)38-37-29-10-4-2-8-24(29)16-21-36(37)42-39(32)38/h2-23H. The van der Waals surface area contributed by atoms with E-state index in [9.17, 15) is 0 Å². The molecule has 9 aromatic rings. The molecule has 0 radical (unpaired) electrons. The van der Waals surface area contributed by atoms with E-state index in [1.165, 1.54) is 26.9 Å². The van der Waals surface area contributed by atoms with E-state index in [0.717, 1.165) is 55.2 Å². The maximum Gasteiger partial charge on any atom is 0.188 e. The smallest absolute Gasteiger partial charge is 0.188 e. The van der Waals surface area contributed by atoms with Crippen LogP contribution in [0.25, 0.3) is 86.9 Å². The molecule has 0 N–H and O–H groups in total. The Kier molecular flexibility index (Phi) is 4.68. The Morgan fingerprint density at radius 2 is 1.24 bits per heavy atom. The van der Waals surface area contributed by atoms with Crippen molar-refractivity contribution in [2.75, 3.05) is 0 Å². The van der Waals surface area contributed by atoms with Gasteiger partial charge in [-0.25, -0.2) is 4.85 Å². The zero-order valence-electron chi connectivity index (χ0n) is 22.5. The summed E-state index contributed by atoms with van der Waals surface area (Å²) in [5.74, 6) is 0. The molecular formula is C39H22N2O. The summed E-state index contributed by atoms with van der Waals surface area (Å²) in [7, 11) is 0. The van der Waals surface area contributed by atoms with Gasteiger partial charge in [-0.3, -0.25) is 0 Å². The first-order valence-corrected chi connectivity index (χ1v) is 14.1. The lowest BCUT2D eigenvalue weighted by Gasteiger charge is -2.11. The molecule has 2 aromatic heterocycles. The van der Waals surface area contributed by atoms with E-state index in [2.05, 4.69) is 131 Å². The molecule has 194 valence electrons. The number of aromatic nitrogens is 1. The Morgan fingerprint density at radius 3 is 2.05 bits per heavy atom. The zero-order chi connectivity index (χ0) is 27.8. The average Bonchev–Trinajstić information content (AvgIpc) is 3.61. The molecule has 0 saturated carbocycles. The quantitative estimate of drug-likeness (QED) is 0.202. The van der Waals surface area contributed by atoms with Crippen LogP contribution in [0.5, 0.6) is 0 Å². The number of fused-ring (bicyclic) bond motifs is 10. The molecule has 9 rings (SSSR count). The van der Waals surface area contributed by atoms with E-state index in [1.807, 2.05) is 12.1 Å². The first-order valence-electron chi connectivity index (χ1n) is 14.1. The van der Waals surface area contributed by atoms with Gasteiger partial charge in [-0.05, 0) is 75.0 Å². The maximum atomic E-state index is 7.50. The predicted molar refractivity (Wildman–Crippen MR) is 175 cm³/mol. The van der Waals surface area contributed by atoms with Crippen LogP contribution in [0, 0.1) is 6.57 Å². The van der Waals surface area contributed by atoms with Gasteiger partial charge in [0.05, 0.1) is 17.6 Å². The Labute approximate surface area is 241 Å². The highest BCUT2D eigenvalue weighted by Gasteiger charge is 2.19. The fourth-order valence-electron chi connectivity index (χ4n) is 6.70. The molecule has 7 aromatic carbocycles. The number of furan rings is 1. The molecule has 0 fully saturated rings. The van der Waals surface area contributed by atoms with Gasteiger partial charge in [0.15, 0.2) is 5.69 Å². The second-order valence-electron chi connectivity index (χ2n) is 10.8. The van der Waals surface area contributed by atoms with Gasteiger partial charge in [0.2, 0.25) is 0 Å². The summed E-state index contributed by atoms with van der Waals surface area (Å²) in [6.45, 7) is 7.50. The highest BCUT2D eigenvalue weighted by Crippen LogP contribution is 2.43. The van der Waals surface area contributed by atoms with E-state index in [4.69, 9.17) is 11.0 Å².